The number of nitrogens with zero attached hydrogens (tertiary/aromatic N) is 2. The van der Waals surface area contributed by atoms with Crippen molar-refractivity contribution in [3.8, 4) is 0 Å². The second kappa shape index (κ2) is 7.77. The summed E-state index contributed by atoms with van der Waals surface area (Å²) in [5, 5.41) is 3.79. The molecule has 1 fully saturated rings. The van der Waals surface area contributed by atoms with Crippen LogP contribution < -0.4 is 0 Å². The van der Waals surface area contributed by atoms with Gasteiger partial charge in [0.25, 0.3) is 6.08 Å². The van der Waals surface area contributed by atoms with Gasteiger partial charge in [-0.15, -0.1) is 11.3 Å². The molecule has 0 radical (unpaired) electrons. The normalized spacial score (nSPS) is 15.7. The number of hydrogen-bond acceptors (Lipinski definition) is 6. The van der Waals surface area contributed by atoms with Gasteiger partial charge in [-0.05, 0) is 31.3 Å². The molecule has 0 aliphatic heterocycles. The Bertz CT molecular complexity index is 648. The molecule has 1 aliphatic carbocycles. The van der Waals surface area contributed by atoms with Gasteiger partial charge < -0.3 is 4.84 Å². The maximum atomic E-state index is 11.9. The number of aromatic nitrogens is 1. The number of allylic oxidation sites excluding steroid dienone is 1. The summed E-state index contributed by atoms with van der Waals surface area (Å²) in [6, 6.07) is 0. The van der Waals surface area contributed by atoms with Crippen LogP contribution in [-0.2, 0) is 14.7 Å². The van der Waals surface area contributed by atoms with Crippen LogP contribution >= 0.6 is 11.3 Å². The van der Waals surface area contributed by atoms with Crippen molar-refractivity contribution in [2.75, 3.05) is 12.4 Å². The van der Waals surface area contributed by atoms with Gasteiger partial charge in [0.2, 0.25) is 14.2 Å². The lowest BCUT2D eigenvalue weighted by atomic mass is 9.86. The second-order valence-electron chi connectivity index (χ2n) is 4.96. The first kappa shape index (κ1) is 17.0. The molecule has 0 N–H and O–H groups in total. The summed E-state index contributed by atoms with van der Waals surface area (Å²) < 4.78 is 47.5. The van der Waals surface area contributed by atoms with Crippen LogP contribution in [0.15, 0.2) is 27.8 Å². The van der Waals surface area contributed by atoms with Gasteiger partial charge in [-0.2, -0.15) is 8.78 Å². The summed E-state index contributed by atoms with van der Waals surface area (Å²) in [7, 11) is -3.65. The Balaban J connectivity index is 1.86. The van der Waals surface area contributed by atoms with Gasteiger partial charge in [0, 0.05) is 6.20 Å². The van der Waals surface area contributed by atoms with E-state index >= 15 is 0 Å². The predicted octanol–water partition coefficient (Wildman–Crippen LogP) is 3.24. The molecular weight excluding hydrogens is 334 g/mol. The maximum absolute atomic E-state index is 11.9. The Hall–Kier alpha value is -1.35. The fourth-order valence-electron chi connectivity index (χ4n) is 1.78. The fraction of sp³-hybridized carbons (Fsp3) is 0.538. The first-order chi connectivity index (χ1) is 10.5. The third kappa shape index (κ3) is 5.13. The van der Waals surface area contributed by atoms with Crippen molar-refractivity contribution in [3.05, 3.63) is 23.2 Å². The second-order valence-corrected chi connectivity index (χ2v) is 8.30. The first-order valence-corrected chi connectivity index (χ1v) is 9.29. The van der Waals surface area contributed by atoms with E-state index in [0.717, 1.165) is 24.2 Å². The third-order valence-corrected chi connectivity index (χ3v) is 6.39. The molecule has 0 atom stereocenters. The number of oxime groups is 1. The predicted molar refractivity (Wildman–Crippen MR) is 80.0 cm³/mol. The lowest BCUT2D eigenvalue weighted by Crippen LogP contribution is -2.16. The molecule has 0 spiro atoms. The molecule has 0 bridgehead atoms. The molecule has 0 amide bonds. The van der Waals surface area contributed by atoms with E-state index in [1.807, 2.05) is 0 Å². The monoisotopic (exact) mass is 350 g/mol. The van der Waals surface area contributed by atoms with Crippen molar-refractivity contribution in [3.63, 3.8) is 0 Å². The van der Waals surface area contributed by atoms with E-state index < -0.39 is 21.7 Å². The van der Waals surface area contributed by atoms with Crippen molar-refractivity contribution < 1.29 is 22.0 Å². The van der Waals surface area contributed by atoms with Gasteiger partial charge in [0.05, 0.1) is 16.8 Å². The van der Waals surface area contributed by atoms with Gasteiger partial charge >= 0.3 is 0 Å². The van der Waals surface area contributed by atoms with Crippen LogP contribution in [-0.4, -0.2) is 32.0 Å². The van der Waals surface area contributed by atoms with Crippen molar-refractivity contribution in [1.29, 1.82) is 0 Å². The van der Waals surface area contributed by atoms with Gasteiger partial charge in [-0.25, -0.2) is 13.4 Å². The van der Waals surface area contributed by atoms with E-state index in [0.29, 0.717) is 23.5 Å². The molecule has 1 aromatic rings. The van der Waals surface area contributed by atoms with E-state index in [1.54, 1.807) is 0 Å². The molecule has 0 unspecified atom stereocenters. The van der Waals surface area contributed by atoms with Crippen molar-refractivity contribution in [1.82, 2.24) is 4.98 Å². The van der Waals surface area contributed by atoms with E-state index in [4.69, 9.17) is 4.84 Å². The summed E-state index contributed by atoms with van der Waals surface area (Å²) in [5.74, 6) is 0.172. The van der Waals surface area contributed by atoms with Crippen LogP contribution in [0.5, 0.6) is 0 Å². The van der Waals surface area contributed by atoms with Crippen LogP contribution in [0, 0.1) is 5.92 Å². The topological polar surface area (TPSA) is 68.6 Å². The average Bonchev–Trinajstić information content (AvgIpc) is 2.85. The highest BCUT2D eigenvalue weighted by molar-refractivity contribution is 7.93. The van der Waals surface area contributed by atoms with E-state index in [-0.39, 0.29) is 10.8 Å². The zero-order valence-electron chi connectivity index (χ0n) is 11.7. The summed E-state index contributed by atoms with van der Waals surface area (Å²) in [4.78, 5) is 9.48. The fourth-order valence-corrected chi connectivity index (χ4v) is 4.15. The summed E-state index contributed by atoms with van der Waals surface area (Å²) >= 11 is 0.941. The zero-order valence-corrected chi connectivity index (χ0v) is 13.4. The van der Waals surface area contributed by atoms with Crippen LogP contribution in [0.25, 0.3) is 0 Å². The lowest BCUT2D eigenvalue weighted by molar-refractivity contribution is 0.0768. The Labute approximate surface area is 131 Å². The van der Waals surface area contributed by atoms with Gasteiger partial charge in [0.15, 0.2) is 0 Å². The van der Waals surface area contributed by atoms with Crippen molar-refractivity contribution >= 4 is 27.4 Å². The minimum atomic E-state index is -3.65. The van der Waals surface area contributed by atoms with E-state index in [2.05, 4.69) is 10.1 Å². The van der Waals surface area contributed by atoms with Crippen LogP contribution in [0.3, 0.4) is 0 Å². The maximum Gasteiger partial charge on any atom is 0.266 e. The average molecular weight is 350 g/mol. The third-order valence-electron chi connectivity index (χ3n) is 3.24. The highest BCUT2D eigenvalue weighted by atomic mass is 32.2. The number of halogens is 2. The van der Waals surface area contributed by atoms with Crippen molar-refractivity contribution in [2.45, 2.75) is 30.0 Å². The molecule has 5 nitrogen and oxygen atoms in total. The molecule has 1 aliphatic rings. The van der Waals surface area contributed by atoms with Crippen LogP contribution in [0.1, 0.15) is 30.6 Å². The molecule has 0 saturated heterocycles. The van der Waals surface area contributed by atoms with Crippen LogP contribution in [0.2, 0.25) is 0 Å². The molecule has 1 heterocycles. The molecule has 22 heavy (non-hydrogen) atoms. The Kier molecular flexibility index (Phi) is 6.01. The van der Waals surface area contributed by atoms with E-state index in [9.17, 15) is 17.2 Å². The number of hydrogen-bond donors (Lipinski definition) is 0. The number of sulfone groups is 1. The highest BCUT2D eigenvalue weighted by Crippen LogP contribution is 2.26. The van der Waals surface area contributed by atoms with Gasteiger partial charge in [-0.1, -0.05) is 11.6 Å². The number of rotatable bonds is 8. The smallest absolute Gasteiger partial charge is 0.266 e. The minimum absolute atomic E-state index is 0.0967. The Morgan fingerprint density at radius 2 is 2.27 bits per heavy atom. The molecule has 1 aromatic heterocycles. The quantitative estimate of drug-likeness (QED) is 0.533. The number of thiazole rings is 1. The zero-order chi connectivity index (χ0) is 16.0. The standard InChI is InChI=1S/C13H16F2N2O3S2/c14-12(15)5-2-6-22(18,19)13-16-7-11(21-13)8-17-20-9-10-3-1-4-10/h5,7-8,10H,1-4,6,9H2. The summed E-state index contributed by atoms with van der Waals surface area (Å²) in [5.41, 5.74) is 0. The SMILES string of the molecule is O=S(=O)(CCC=C(F)F)c1ncc(C=NOCC2CCC2)s1. The highest BCUT2D eigenvalue weighted by Gasteiger charge is 2.19. The Morgan fingerprint density at radius 1 is 1.50 bits per heavy atom. The largest absolute Gasteiger partial charge is 0.395 e. The first-order valence-electron chi connectivity index (χ1n) is 6.82. The van der Waals surface area contributed by atoms with E-state index in [1.165, 1.54) is 18.8 Å². The molecule has 122 valence electrons. The summed E-state index contributed by atoms with van der Waals surface area (Å²) in [6.45, 7) is 0.571. The summed E-state index contributed by atoms with van der Waals surface area (Å²) in [6.07, 6.45) is 4.80. The van der Waals surface area contributed by atoms with Crippen molar-refractivity contribution in [2.24, 2.45) is 11.1 Å². The molecule has 2 rings (SSSR count). The van der Waals surface area contributed by atoms with Gasteiger partial charge in [-0.3, -0.25) is 0 Å². The molecule has 9 heteroatoms. The van der Waals surface area contributed by atoms with Crippen LogP contribution in [0.4, 0.5) is 8.78 Å². The molecular formula is C13H16F2N2O3S2. The lowest BCUT2D eigenvalue weighted by Gasteiger charge is -2.23. The van der Waals surface area contributed by atoms with Gasteiger partial charge in [0.1, 0.15) is 6.61 Å². The molecule has 0 aromatic carbocycles. The molecule has 1 saturated carbocycles. The Morgan fingerprint density at radius 3 is 2.91 bits per heavy atom. The minimum Gasteiger partial charge on any atom is -0.395 e.